The molecule has 0 aliphatic heterocycles. The van der Waals surface area contributed by atoms with Crippen molar-refractivity contribution in [1.29, 1.82) is 0 Å². The molecule has 0 bridgehead atoms. The van der Waals surface area contributed by atoms with Crippen LogP contribution in [0.5, 0.6) is 0 Å². The van der Waals surface area contributed by atoms with Crippen LogP contribution in [0, 0.1) is 0 Å². The number of hydrogen-bond acceptors (Lipinski definition) is 1. The maximum Gasteiger partial charge on any atom is 0.0320 e. The summed E-state index contributed by atoms with van der Waals surface area (Å²) in [5.41, 5.74) is 0. The minimum absolute atomic E-state index is 1.15. The normalized spacial score (nSPS) is 10.0. The van der Waals surface area contributed by atoms with Gasteiger partial charge in [-0.2, -0.15) is 0 Å². The van der Waals surface area contributed by atoms with Gasteiger partial charge in [0.2, 0.25) is 0 Å². The van der Waals surface area contributed by atoms with Gasteiger partial charge in [-0.05, 0) is 0 Å². The van der Waals surface area contributed by atoms with Crippen molar-refractivity contribution >= 4 is 8.37 Å². The molecular formula is C3H8NP. The number of hydrogen-bond donors (Lipinski definition) is 0. The van der Waals surface area contributed by atoms with E-state index < -0.39 is 0 Å². The molecule has 0 amide bonds. The predicted molar refractivity (Wildman–Crippen MR) is 25.8 cm³/mol. The van der Waals surface area contributed by atoms with Gasteiger partial charge in [-0.15, -0.1) is 0 Å². The van der Waals surface area contributed by atoms with Gasteiger partial charge >= 0.3 is 0 Å². The largest absolute Gasteiger partial charge is 0.272 e. The van der Waals surface area contributed by atoms with Crippen molar-refractivity contribution in [2.45, 2.75) is 6.92 Å². The third-order valence-corrected chi connectivity index (χ3v) is 0.849. The van der Waals surface area contributed by atoms with Gasteiger partial charge in [-0.1, -0.05) is 6.92 Å². The fraction of sp³-hybridized carbons (Fsp3) is 1.00. The van der Waals surface area contributed by atoms with E-state index in [4.69, 9.17) is 0 Å². The molecule has 0 aromatic carbocycles. The van der Waals surface area contributed by atoms with E-state index in [0.717, 1.165) is 6.16 Å². The summed E-state index contributed by atoms with van der Waals surface area (Å²) in [7, 11) is 3.03. The van der Waals surface area contributed by atoms with Crippen LogP contribution in [-0.2, 0) is 0 Å². The van der Waals surface area contributed by atoms with Gasteiger partial charge in [0.1, 0.15) is 0 Å². The van der Waals surface area contributed by atoms with Crippen LogP contribution in [0.25, 0.3) is 0 Å². The van der Waals surface area contributed by atoms with Crippen LogP contribution in [-0.4, -0.2) is 13.2 Å². The molecule has 0 radical (unpaired) electrons. The minimum Gasteiger partial charge on any atom is -0.272 e. The fourth-order valence-corrected chi connectivity index (χ4v) is 0.424. The van der Waals surface area contributed by atoms with Gasteiger partial charge in [0.15, 0.2) is 0 Å². The van der Waals surface area contributed by atoms with E-state index in [1.807, 2.05) is 7.05 Å². The summed E-state index contributed by atoms with van der Waals surface area (Å²) in [6.45, 7) is 2.11. The van der Waals surface area contributed by atoms with E-state index in [1.165, 1.54) is 8.37 Å². The van der Waals surface area contributed by atoms with Crippen molar-refractivity contribution in [3.05, 3.63) is 0 Å². The van der Waals surface area contributed by atoms with Crippen LogP contribution in [0.15, 0.2) is 4.74 Å². The molecule has 0 unspecified atom stereocenters. The highest BCUT2D eigenvalue weighted by atomic mass is 31.1. The van der Waals surface area contributed by atoms with Crippen LogP contribution in [0.4, 0.5) is 0 Å². The van der Waals surface area contributed by atoms with Gasteiger partial charge in [-0.3, -0.25) is 4.74 Å². The average molecular weight is 89.1 g/mol. The monoisotopic (exact) mass is 89.0 g/mol. The lowest BCUT2D eigenvalue weighted by Crippen LogP contribution is -1.43. The maximum absolute atomic E-state index is 3.83. The van der Waals surface area contributed by atoms with Crippen molar-refractivity contribution in [3.8, 4) is 0 Å². The van der Waals surface area contributed by atoms with E-state index >= 15 is 0 Å². The molecule has 30 valence electrons. The molecule has 0 heterocycles. The molecule has 0 aromatic heterocycles. The van der Waals surface area contributed by atoms with Gasteiger partial charge in [-0.25, -0.2) is 0 Å². The molecule has 2 heteroatoms. The Morgan fingerprint density at radius 1 is 1.80 bits per heavy atom. The fourth-order valence-electron chi connectivity index (χ4n) is 0.141. The lowest BCUT2D eigenvalue weighted by atomic mass is 11.0. The molecule has 1 nitrogen and oxygen atoms in total. The topological polar surface area (TPSA) is 12.4 Å². The summed E-state index contributed by atoms with van der Waals surface area (Å²) in [5, 5.41) is 0. The van der Waals surface area contributed by atoms with E-state index in [-0.39, 0.29) is 0 Å². The quantitative estimate of drug-likeness (QED) is 0.434. The Bertz CT molecular complexity index is 33.9. The second kappa shape index (κ2) is 4.10. The van der Waals surface area contributed by atoms with Crippen LogP contribution in [0.2, 0.25) is 0 Å². The van der Waals surface area contributed by atoms with Crippen LogP contribution < -0.4 is 0 Å². The maximum atomic E-state index is 3.83. The molecule has 5 heavy (non-hydrogen) atoms. The first-order valence-corrected chi connectivity index (χ1v) is 2.70. The first-order chi connectivity index (χ1) is 2.41. The zero-order chi connectivity index (χ0) is 4.12. The van der Waals surface area contributed by atoms with Gasteiger partial charge < -0.3 is 0 Å². The van der Waals surface area contributed by atoms with Crippen molar-refractivity contribution in [2.24, 2.45) is 4.74 Å². The first-order valence-electron chi connectivity index (χ1n) is 1.67. The highest BCUT2D eigenvalue weighted by Gasteiger charge is 1.54. The Kier molecular flexibility index (Phi) is 4.18. The second-order valence-corrected chi connectivity index (χ2v) is 1.97. The lowest BCUT2D eigenvalue weighted by molar-refractivity contribution is 1.46. The van der Waals surface area contributed by atoms with Gasteiger partial charge in [0, 0.05) is 21.6 Å². The molecule has 0 N–H and O–H groups in total. The van der Waals surface area contributed by atoms with Gasteiger partial charge in [0.05, 0.1) is 0 Å². The minimum atomic E-state index is 1.15. The van der Waals surface area contributed by atoms with E-state index in [9.17, 15) is 0 Å². The molecule has 0 aliphatic rings. The zero-order valence-corrected chi connectivity index (χ0v) is 4.50. The van der Waals surface area contributed by atoms with E-state index in [1.54, 1.807) is 0 Å². The third-order valence-electron chi connectivity index (χ3n) is 0.283. The van der Waals surface area contributed by atoms with Crippen molar-refractivity contribution < 1.29 is 0 Å². The second-order valence-electron chi connectivity index (χ2n) is 0.658. The molecule has 0 saturated carbocycles. The summed E-state index contributed by atoms with van der Waals surface area (Å²) in [4.78, 5) is 0. The smallest absolute Gasteiger partial charge is 0.0320 e. The van der Waals surface area contributed by atoms with Crippen LogP contribution in [0.1, 0.15) is 6.92 Å². The van der Waals surface area contributed by atoms with E-state index in [0.29, 0.717) is 0 Å². The first kappa shape index (κ1) is 5.10. The summed E-state index contributed by atoms with van der Waals surface area (Å²) in [6.07, 6.45) is 1.15. The highest BCUT2D eigenvalue weighted by Crippen LogP contribution is 1.91. The number of nitrogens with zero attached hydrogens (tertiary/aromatic N) is 1. The van der Waals surface area contributed by atoms with Crippen molar-refractivity contribution in [2.75, 3.05) is 13.2 Å². The molecule has 0 saturated heterocycles. The Morgan fingerprint density at radius 3 is 2.40 bits per heavy atom. The summed E-state index contributed by atoms with van der Waals surface area (Å²) in [6, 6.07) is 0. The van der Waals surface area contributed by atoms with Crippen molar-refractivity contribution in [3.63, 3.8) is 0 Å². The Morgan fingerprint density at radius 2 is 2.40 bits per heavy atom. The number of rotatable bonds is 1. The van der Waals surface area contributed by atoms with E-state index in [2.05, 4.69) is 11.7 Å². The predicted octanol–water partition coefficient (Wildman–Crippen LogP) is 1.77. The molecule has 0 rings (SSSR count). The lowest BCUT2D eigenvalue weighted by Gasteiger charge is -1.64. The molecular weight excluding hydrogens is 81.0 g/mol. The Balaban J connectivity index is 2.62. The highest BCUT2D eigenvalue weighted by molar-refractivity contribution is 7.26. The molecule has 0 fully saturated rings. The SMILES string of the molecule is CCP=NC. The van der Waals surface area contributed by atoms with Crippen LogP contribution >= 0.6 is 8.37 Å². The summed E-state index contributed by atoms with van der Waals surface area (Å²) >= 11 is 0. The Hall–Kier alpha value is 0.100. The molecule has 0 aromatic rings. The van der Waals surface area contributed by atoms with Crippen molar-refractivity contribution in [1.82, 2.24) is 0 Å². The average Bonchev–Trinajstić information content (AvgIpc) is 1.41. The molecule has 0 spiro atoms. The summed E-state index contributed by atoms with van der Waals surface area (Å²) in [5.74, 6) is 0. The summed E-state index contributed by atoms with van der Waals surface area (Å²) < 4.78 is 3.83. The Labute approximate surface area is 34.3 Å². The zero-order valence-electron chi connectivity index (χ0n) is 3.60. The molecule has 0 atom stereocenters. The van der Waals surface area contributed by atoms with Gasteiger partial charge in [0.25, 0.3) is 0 Å². The standard InChI is InChI=1S/C3H8NP/c1-3-5-4-2/h3H2,1-2H3. The van der Waals surface area contributed by atoms with Crippen LogP contribution in [0.3, 0.4) is 0 Å². The third kappa shape index (κ3) is 4.10. The molecule has 0 aliphatic carbocycles.